The van der Waals surface area contributed by atoms with E-state index in [1.54, 1.807) is 0 Å². The molecule has 2 rings (SSSR count). The van der Waals surface area contributed by atoms with Crippen LogP contribution in [0.3, 0.4) is 0 Å². The molecule has 5 heteroatoms. The zero-order valence-corrected chi connectivity index (χ0v) is 10.6. The highest BCUT2D eigenvalue weighted by atomic mass is 32.2. The van der Waals surface area contributed by atoms with Gasteiger partial charge in [-0.1, -0.05) is 0 Å². The predicted molar refractivity (Wildman–Crippen MR) is 68.8 cm³/mol. The summed E-state index contributed by atoms with van der Waals surface area (Å²) in [5.41, 5.74) is 7.53. The van der Waals surface area contributed by atoms with Crippen molar-refractivity contribution in [2.45, 2.75) is 25.9 Å². The summed E-state index contributed by atoms with van der Waals surface area (Å²) < 4.78 is 0. The van der Waals surface area contributed by atoms with Gasteiger partial charge in [-0.25, -0.2) is 9.97 Å². The lowest BCUT2D eigenvalue weighted by atomic mass is 10.2. The lowest BCUT2D eigenvalue weighted by Gasteiger charge is -2.24. The minimum absolute atomic E-state index is 0.476. The fourth-order valence-corrected chi connectivity index (χ4v) is 3.14. The van der Waals surface area contributed by atoms with Gasteiger partial charge in [-0.2, -0.15) is 11.8 Å². The molecule has 1 saturated heterocycles. The Morgan fingerprint density at radius 3 is 3.00 bits per heavy atom. The van der Waals surface area contributed by atoms with Crippen LogP contribution in [0.1, 0.15) is 17.8 Å². The van der Waals surface area contributed by atoms with Crippen molar-refractivity contribution in [3.63, 3.8) is 0 Å². The minimum atomic E-state index is 0.476. The van der Waals surface area contributed by atoms with E-state index in [4.69, 9.17) is 5.73 Å². The molecule has 88 valence electrons. The van der Waals surface area contributed by atoms with Gasteiger partial charge in [0.25, 0.3) is 0 Å². The second-order valence-electron chi connectivity index (χ2n) is 4.13. The number of rotatable bonds is 3. The molecule has 1 aromatic heterocycles. The quantitative estimate of drug-likeness (QED) is 0.857. The molecule has 1 atom stereocenters. The first kappa shape index (κ1) is 11.7. The molecular weight excluding hydrogens is 220 g/mol. The summed E-state index contributed by atoms with van der Waals surface area (Å²) in [5.74, 6) is 3.23. The lowest BCUT2D eigenvalue weighted by Crippen LogP contribution is -2.33. The molecule has 0 saturated carbocycles. The molecule has 1 unspecified atom stereocenters. The van der Waals surface area contributed by atoms with Crippen LogP contribution in [0, 0.1) is 6.92 Å². The number of hydrogen-bond acceptors (Lipinski definition) is 5. The summed E-state index contributed by atoms with van der Waals surface area (Å²) in [7, 11) is 2.08. The molecule has 0 radical (unpaired) electrons. The van der Waals surface area contributed by atoms with Crippen molar-refractivity contribution < 1.29 is 0 Å². The first-order valence-electron chi connectivity index (χ1n) is 5.56. The molecule has 1 aliphatic rings. The van der Waals surface area contributed by atoms with E-state index in [0.717, 1.165) is 17.3 Å². The maximum atomic E-state index is 5.63. The molecule has 0 bridgehead atoms. The van der Waals surface area contributed by atoms with E-state index in [0.29, 0.717) is 12.6 Å². The first-order chi connectivity index (χ1) is 7.70. The fourth-order valence-electron chi connectivity index (χ4n) is 1.87. The van der Waals surface area contributed by atoms with E-state index >= 15 is 0 Å². The average Bonchev–Trinajstić information content (AvgIpc) is 2.80. The van der Waals surface area contributed by atoms with Crippen LogP contribution in [-0.4, -0.2) is 34.6 Å². The summed E-state index contributed by atoms with van der Waals surface area (Å²) >= 11 is 2.00. The van der Waals surface area contributed by atoms with Gasteiger partial charge in [-0.05, 0) is 25.2 Å². The Balaban J connectivity index is 2.21. The SMILES string of the molecule is Cc1cc(CN)nc(N(C)C2CCSC2)n1. The molecule has 16 heavy (non-hydrogen) atoms. The van der Waals surface area contributed by atoms with Crippen molar-refractivity contribution >= 4 is 17.7 Å². The lowest BCUT2D eigenvalue weighted by molar-refractivity contribution is 0.677. The van der Waals surface area contributed by atoms with E-state index in [-0.39, 0.29) is 0 Å². The number of aryl methyl sites for hydroxylation is 1. The number of hydrogen-bond donors (Lipinski definition) is 1. The third-order valence-corrected chi connectivity index (χ3v) is 4.02. The van der Waals surface area contributed by atoms with E-state index in [9.17, 15) is 0 Å². The first-order valence-corrected chi connectivity index (χ1v) is 6.71. The number of anilines is 1. The number of thioether (sulfide) groups is 1. The van der Waals surface area contributed by atoms with Gasteiger partial charge in [0.1, 0.15) is 0 Å². The summed E-state index contributed by atoms with van der Waals surface area (Å²) in [6, 6.07) is 2.51. The van der Waals surface area contributed by atoms with Crippen LogP contribution in [-0.2, 0) is 6.54 Å². The molecule has 1 aromatic rings. The third-order valence-electron chi connectivity index (χ3n) is 2.87. The maximum Gasteiger partial charge on any atom is 0.225 e. The molecular formula is C11H18N4S. The van der Waals surface area contributed by atoms with Gasteiger partial charge in [-0.3, -0.25) is 0 Å². The van der Waals surface area contributed by atoms with Gasteiger partial charge in [0.05, 0.1) is 5.69 Å². The van der Waals surface area contributed by atoms with Gasteiger partial charge in [0, 0.05) is 31.1 Å². The summed E-state index contributed by atoms with van der Waals surface area (Å²) in [4.78, 5) is 11.1. The zero-order chi connectivity index (χ0) is 11.5. The van der Waals surface area contributed by atoms with Crippen molar-refractivity contribution in [2.75, 3.05) is 23.5 Å². The third kappa shape index (κ3) is 2.47. The van der Waals surface area contributed by atoms with Crippen molar-refractivity contribution in [3.8, 4) is 0 Å². The van der Waals surface area contributed by atoms with Crippen LogP contribution in [0.2, 0.25) is 0 Å². The second-order valence-corrected chi connectivity index (χ2v) is 5.28. The van der Waals surface area contributed by atoms with Crippen LogP contribution >= 0.6 is 11.8 Å². The summed E-state index contributed by atoms with van der Waals surface area (Å²) in [6.07, 6.45) is 1.22. The van der Waals surface area contributed by atoms with Crippen molar-refractivity contribution in [1.29, 1.82) is 0 Å². The van der Waals surface area contributed by atoms with Crippen molar-refractivity contribution in [3.05, 3.63) is 17.5 Å². The van der Waals surface area contributed by atoms with Gasteiger partial charge < -0.3 is 10.6 Å². The van der Waals surface area contributed by atoms with E-state index in [2.05, 4.69) is 21.9 Å². The molecule has 0 aromatic carbocycles. The fraction of sp³-hybridized carbons (Fsp3) is 0.636. The number of aromatic nitrogens is 2. The second kappa shape index (κ2) is 5.01. The van der Waals surface area contributed by atoms with Gasteiger partial charge in [-0.15, -0.1) is 0 Å². The summed E-state index contributed by atoms with van der Waals surface area (Å²) in [5, 5.41) is 0. The zero-order valence-electron chi connectivity index (χ0n) is 9.81. The Kier molecular flexibility index (Phi) is 3.66. The van der Waals surface area contributed by atoms with Gasteiger partial charge in [0.2, 0.25) is 5.95 Å². The highest BCUT2D eigenvalue weighted by molar-refractivity contribution is 7.99. The maximum absolute atomic E-state index is 5.63. The molecule has 0 amide bonds. The van der Waals surface area contributed by atoms with Crippen LogP contribution in [0.4, 0.5) is 5.95 Å². The molecule has 0 aliphatic carbocycles. The van der Waals surface area contributed by atoms with E-state index < -0.39 is 0 Å². The molecule has 0 spiro atoms. The Hall–Kier alpha value is -0.810. The molecule has 2 heterocycles. The van der Waals surface area contributed by atoms with Gasteiger partial charge >= 0.3 is 0 Å². The smallest absolute Gasteiger partial charge is 0.225 e. The van der Waals surface area contributed by atoms with Crippen molar-refractivity contribution in [2.24, 2.45) is 5.73 Å². The van der Waals surface area contributed by atoms with Crippen molar-refractivity contribution in [1.82, 2.24) is 9.97 Å². The Labute approximate surface area is 101 Å². The van der Waals surface area contributed by atoms with Gasteiger partial charge in [0.15, 0.2) is 0 Å². The number of nitrogens with two attached hydrogens (primary N) is 1. The molecule has 1 aliphatic heterocycles. The molecule has 2 N–H and O–H groups in total. The Bertz CT molecular complexity index is 363. The Morgan fingerprint density at radius 2 is 2.38 bits per heavy atom. The topological polar surface area (TPSA) is 55.0 Å². The van der Waals surface area contributed by atoms with E-state index in [1.165, 1.54) is 17.9 Å². The largest absolute Gasteiger partial charge is 0.340 e. The van der Waals surface area contributed by atoms with Crippen LogP contribution in [0.5, 0.6) is 0 Å². The molecule has 1 fully saturated rings. The monoisotopic (exact) mass is 238 g/mol. The highest BCUT2D eigenvalue weighted by Crippen LogP contribution is 2.24. The summed E-state index contributed by atoms with van der Waals surface area (Å²) in [6.45, 7) is 2.46. The standard InChI is InChI=1S/C11H18N4S/c1-8-5-9(6-12)14-11(13-8)15(2)10-3-4-16-7-10/h5,10H,3-4,6-7,12H2,1-2H3. The van der Waals surface area contributed by atoms with Crippen LogP contribution < -0.4 is 10.6 Å². The minimum Gasteiger partial charge on any atom is -0.340 e. The van der Waals surface area contributed by atoms with E-state index in [1.807, 2.05) is 24.8 Å². The average molecular weight is 238 g/mol. The normalized spacial score (nSPS) is 20.1. The van der Waals surface area contributed by atoms with Crippen LogP contribution in [0.15, 0.2) is 6.07 Å². The Morgan fingerprint density at radius 1 is 1.56 bits per heavy atom. The molecule has 4 nitrogen and oxygen atoms in total. The predicted octanol–water partition coefficient (Wildman–Crippen LogP) is 1.19. The highest BCUT2D eigenvalue weighted by Gasteiger charge is 2.22. The van der Waals surface area contributed by atoms with Crippen LogP contribution in [0.25, 0.3) is 0 Å². The number of nitrogens with zero attached hydrogens (tertiary/aromatic N) is 3.